The third kappa shape index (κ3) is 2.56. The van der Waals surface area contributed by atoms with Crippen molar-refractivity contribution in [2.24, 2.45) is 0 Å². The summed E-state index contributed by atoms with van der Waals surface area (Å²) in [7, 11) is 3.87. The smallest absolute Gasteiger partial charge is 0.148 e. The van der Waals surface area contributed by atoms with Gasteiger partial charge in [-0.1, -0.05) is 30.5 Å². The molecule has 2 nitrogen and oxygen atoms in total. The molecule has 0 saturated heterocycles. The number of likely N-dealkylation sites (N-methyl/N-ethyl adjacent to an activating group) is 1. The van der Waals surface area contributed by atoms with Crippen LogP contribution in [0.3, 0.4) is 0 Å². The molecule has 2 rings (SSSR count). The lowest BCUT2D eigenvalue weighted by atomic mass is 9.84. The van der Waals surface area contributed by atoms with Crippen molar-refractivity contribution in [3.8, 4) is 0 Å². The number of halogens is 3. The molecule has 0 aliphatic heterocycles. The summed E-state index contributed by atoms with van der Waals surface area (Å²) >= 11 is 9.10. The zero-order valence-corrected chi connectivity index (χ0v) is 13.4. The molecule has 1 fully saturated rings. The van der Waals surface area contributed by atoms with Gasteiger partial charge < -0.3 is 10.0 Å². The van der Waals surface area contributed by atoms with E-state index in [0.717, 1.165) is 25.7 Å². The molecule has 5 heteroatoms. The number of aliphatic hydroxyl groups excluding tert-OH is 1. The number of benzene rings is 1. The summed E-state index contributed by atoms with van der Waals surface area (Å²) in [5, 5.41) is 10.7. The van der Waals surface area contributed by atoms with Gasteiger partial charge in [0.1, 0.15) is 11.9 Å². The van der Waals surface area contributed by atoms with Crippen LogP contribution in [0.1, 0.15) is 37.4 Å². The Hall–Kier alpha value is -0.160. The first-order valence-electron chi connectivity index (χ1n) is 6.39. The maximum atomic E-state index is 14.3. The Kier molecular flexibility index (Phi) is 4.56. The molecule has 19 heavy (non-hydrogen) atoms. The van der Waals surface area contributed by atoms with Crippen molar-refractivity contribution < 1.29 is 9.50 Å². The molecule has 1 aromatic rings. The van der Waals surface area contributed by atoms with Crippen LogP contribution in [0, 0.1) is 5.82 Å². The van der Waals surface area contributed by atoms with Gasteiger partial charge in [0.25, 0.3) is 0 Å². The number of nitrogens with zero attached hydrogens (tertiary/aromatic N) is 1. The molecular formula is C14H18BrClFNO. The van der Waals surface area contributed by atoms with Gasteiger partial charge in [-0.25, -0.2) is 4.39 Å². The van der Waals surface area contributed by atoms with Crippen molar-refractivity contribution in [3.63, 3.8) is 0 Å². The van der Waals surface area contributed by atoms with E-state index in [2.05, 4.69) is 15.9 Å². The summed E-state index contributed by atoms with van der Waals surface area (Å²) < 4.78 is 14.8. The molecule has 1 atom stereocenters. The van der Waals surface area contributed by atoms with E-state index >= 15 is 0 Å². The fraction of sp³-hybridized carbons (Fsp3) is 0.571. The first-order valence-corrected chi connectivity index (χ1v) is 7.56. The highest BCUT2D eigenvalue weighted by Crippen LogP contribution is 2.45. The molecule has 1 saturated carbocycles. The van der Waals surface area contributed by atoms with Crippen LogP contribution in [-0.2, 0) is 0 Å². The predicted octanol–water partition coefficient (Wildman–Crippen LogP) is 4.15. The number of hydrogen-bond donors (Lipinski definition) is 1. The predicted molar refractivity (Wildman–Crippen MR) is 79.0 cm³/mol. The highest BCUT2D eigenvalue weighted by atomic mass is 79.9. The molecule has 106 valence electrons. The molecule has 1 unspecified atom stereocenters. The van der Waals surface area contributed by atoms with E-state index in [9.17, 15) is 9.50 Å². The van der Waals surface area contributed by atoms with E-state index in [1.807, 2.05) is 19.0 Å². The molecule has 1 N–H and O–H groups in total. The van der Waals surface area contributed by atoms with E-state index in [1.165, 1.54) is 0 Å². The topological polar surface area (TPSA) is 23.5 Å². The summed E-state index contributed by atoms with van der Waals surface area (Å²) in [5.41, 5.74) is -0.110. The van der Waals surface area contributed by atoms with Crippen LogP contribution in [0.4, 0.5) is 4.39 Å². The van der Waals surface area contributed by atoms with Gasteiger partial charge in [-0.2, -0.15) is 0 Å². The Morgan fingerprint density at radius 3 is 2.47 bits per heavy atom. The lowest BCUT2D eigenvalue weighted by Crippen LogP contribution is -2.47. The third-order valence-electron chi connectivity index (χ3n) is 4.23. The zero-order valence-electron chi connectivity index (χ0n) is 11.1. The highest BCUT2D eigenvalue weighted by molar-refractivity contribution is 9.10. The van der Waals surface area contributed by atoms with Crippen molar-refractivity contribution in [1.82, 2.24) is 4.90 Å². The maximum Gasteiger partial charge on any atom is 0.148 e. The molecular weight excluding hydrogens is 333 g/mol. The quantitative estimate of drug-likeness (QED) is 0.828. The largest absolute Gasteiger partial charge is 0.386 e. The van der Waals surface area contributed by atoms with Crippen LogP contribution in [0.5, 0.6) is 0 Å². The van der Waals surface area contributed by atoms with Crippen molar-refractivity contribution in [2.75, 3.05) is 14.1 Å². The molecule has 0 amide bonds. The van der Waals surface area contributed by atoms with Crippen molar-refractivity contribution in [2.45, 2.75) is 37.3 Å². The first kappa shape index (κ1) is 15.2. The number of aliphatic hydroxyl groups is 1. The molecule has 1 aromatic carbocycles. The van der Waals surface area contributed by atoms with Crippen molar-refractivity contribution >= 4 is 27.5 Å². The minimum atomic E-state index is -0.865. The second-order valence-corrected chi connectivity index (χ2v) is 6.60. The van der Waals surface area contributed by atoms with E-state index in [-0.39, 0.29) is 10.6 Å². The minimum absolute atomic E-state index is 0.0310. The van der Waals surface area contributed by atoms with E-state index in [4.69, 9.17) is 11.6 Å². The summed E-state index contributed by atoms with van der Waals surface area (Å²) in [4.78, 5) is 2.01. The summed E-state index contributed by atoms with van der Waals surface area (Å²) in [6.45, 7) is 0. The number of hydrogen-bond acceptors (Lipinski definition) is 2. The molecule has 1 aliphatic carbocycles. The fourth-order valence-electron chi connectivity index (χ4n) is 2.99. The maximum absolute atomic E-state index is 14.3. The first-order chi connectivity index (χ1) is 8.90. The second kappa shape index (κ2) is 5.68. The van der Waals surface area contributed by atoms with E-state index in [1.54, 1.807) is 12.1 Å². The Morgan fingerprint density at radius 1 is 1.37 bits per heavy atom. The van der Waals surface area contributed by atoms with Gasteiger partial charge in [-0.05, 0) is 48.9 Å². The summed E-state index contributed by atoms with van der Waals surface area (Å²) in [6.07, 6.45) is 2.99. The van der Waals surface area contributed by atoms with Gasteiger partial charge in [-0.15, -0.1) is 0 Å². The molecule has 0 heterocycles. The average molecular weight is 351 g/mol. The van der Waals surface area contributed by atoms with Gasteiger partial charge in [0.05, 0.1) is 10.6 Å². The minimum Gasteiger partial charge on any atom is -0.386 e. The Morgan fingerprint density at radius 2 is 1.95 bits per heavy atom. The van der Waals surface area contributed by atoms with Crippen molar-refractivity contribution in [3.05, 3.63) is 33.0 Å². The SMILES string of the molecule is CN(C)C1(C(O)c2ccc(Br)c(Cl)c2F)CCCC1. The second-order valence-electron chi connectivity index (χ2n) is 5.37. The average Bonchev–Trinajstić information content (AvgIpc) is 2.86. The molecule has 1 aliphatic rings. The molecule has 0 spiro atoms. The van der Waals surface area contributed by atoms with Gasteiger partial charge in [0.2, 0.25) is 0 Å². The zero-order chi connectivity index (χ0) is 14.2. The van der Waals surface area contributed by atoms with Crippen LogP contribution < -0.4 is 0 Å². The van der Waals surface area contributed by atoms with Gasteiger partial charge in [0.15, 0.2) is 0 Å². The number of rotatable bonds is 3. The fourth-order valence-corrected chi connectivity index (χ4v) is 3.47. The van der Waals surface area contributed by atoms with Gasteiger partial charge in [0, 0.05) is 10.0 Å². The summed E-state index contributed by atoms with van der Waals surface area (Å²) in [6, 6.07) is 3.29. The molecule has 0 radical (unpaired) electrons. The van der Waals surface area contributed by atoms with Crippen molar-refractivity contribution in [1.29, 1.82) is 0 Å². The Balaban J connectivity index is 2.43. The van der Waals surface area contributed by atoms with Crippen LogP contribution in [0.25, 0.3) is 0 Å². The Bertz CT molecular complexity index is 475. The monoisotopic (exact) mass is 349 g/mol. The third-order valence-corrected chi connectivity index (χ3v) is 5.49. The van der Waals surface area contributed by atoms with Crippen LogP contribution in [-0.4, -0.2) is 29.6 Å². The summed E-state index contributed by atoms with van der Waals surface area (Å²) in [5.74, 6) is -0.531. The lowest BCUT2D eigenvalue weighted by molar-refractivity contribution is -0.00672. The van der Waals surface area contributed by atoms with E-state index in [0.29, 0.717) is 4.47 Å². The van der Waals surface area contributed by atoms with Crippen LogP contribution in [0.2, 0.25) is 5.02 Å². The normalized spacial score (nSPS) is 19.9. The highest BCUT2D eigenvalue weighted by Gasteiger charge is 2.44. The van der Waals surface area contributed by atoms with Gasteiger partial charge in [-0.3, -0.25) is 0 Å². The standard InChI is InChI=1S/C14H18BrClFNO/c1-18(2)14(7-3-4-8-14)13(19)9-5-6-10(15)11(16)12(9)17/h5-6,13,19H,3-4,7-8H2,1-2H3. The Labute approximate surface area is 126 Å². The van der Waals surface area contributed by atoms with Crippen LogP contribution in [0.15, 0.2) is 16.6 Å². The lowest BCUT2D eigenvalue weighted by Gasteiger charge is -2.41. The molecule has 0 bridgehead atoms. The van der Waals surface area contributed by atoms with Gasteiger partial charge >= 0.3 is 0 Å². The van der Waals surface area contributed by atoms with Crippen LogP contribution >= 0.6 is 27.5 Å². The molecule has 0 aromatic heterocycles. The van der Waals surface area contributed by atoms with E-state index < -0.39 is 17.5 Å².